The normalized spacial score (nSPS) is 11.0. The Kier molecular flexibility index (Phi) is 3.35. The fourth-order valence-corrected chi connectivity index (χ4v) is 2.93. The molecule has 4 heteroatoms. The number of H-pyrrole nitrogens is 1. The predicted molar refractivity (Wildman–Crippen MR) is 91.9 cm³/mol. The van der Waals surface area contributed by atoms with Crippen LogP contribution >= 0.6 is 0 Å². The van der Waals surface area contributed by atoms with Crippen molar-refractivity contribution in [3.05, 3.63) is 66.6 Å². The lowest BCUT2D eigenvalue weighted by Crippen LogP contribution is -1.90. The zero-order chi connectivity index (χ0) is 15.6. The van der Waals surface area contributed by atoms with Crippen LogP contribution in [0, 0.1) is 0 Å². The van der Waals surface area contributed by atoms with Gasteiger partial charge in [0.15, 0.2) is 0 Å². The van der Waals surface area contributed by atoms with E-state index < -0.39 is 0 Å². The minimum atomic E-state index is 0.874. The number of pyridine rings is 2. The monoisotopic (exact) mass is 300 g/mol. The lowest BCUT2D eigenvalue weighted by atomic mass is 9.97. The van der Waals surface area contributed by atoms with Crippen LogP contribution < -0.4 is 0 Å². The number of aromatic nitrogens is 4. The van der Waals surface area contributed by atoms with E-state index in [1.165, 1.54) is 0 Å². The number of nitrogens with zero attached hydrogens (tertiary/aromatic N) is 3. The molecule has 0 atom stereocenters. The molecule has 4 nitrogen and oxygen atoms in total. The van der Waals surface area contributed by atoms with Crippen molar-refractivity contribution in [3.8, 4) is 22.5 Å². The van der Waals surface area contributed by atoms with Crippen molar-refractivity contribution >= 4 is 10.9 Å². The molecule has 3 aromatic heterocycles. The molecule has 0 saturated heterocycles. The Morgan fingerprint density at radius 1 is 0.913 bits per heavy atom. The minimum absolute atomic E-state index is 0.874. The molecule has 0 aliphatic heterocycles. The van der Waals surface area contributed by atoms with Gasteiger partial charge in [-0.25, -0.2) is 0 Å². The Labute approximate surface area is 134 Å². The van der Waals surface area contributed by atoms with E-state index in [1.54, 1.807) is 6.20 Å². The van der Waals surface area contributed by atoms with E-state index in [4.69, 9.17) is 0 Å². The van der Waals surface area contributed by atoms with Gasteiger partial charge in [-0.15, -0.1) is 0 Å². The van der Waals surface area contributed by atoms with Crippen LogP contribution in [0.3, 0.4) is 0 Å². The first-order chi connectivity index (χ1) is 11.4. The second-order valence-electron chi connectivity index (χ2n) is 5.37. The van der Waals surface area contributed by atoms with Crippen LogP contribution in [-0.2, 0) is 6.42 Å². The summed E-state index contributed by atoms with van der Waals surface area (Å²) in [6.07, 6.45) is 4.53. The van der Waals surface area contributed by atoms with Crippen molar-refractivity contribution in [1.29, 1.82) is 0 Å². The fraction of sp³-hybridized carbons (Fsp3) is 0.105. The van der Waals surface area contributed by atoms with Gasteiger partial charge in [-0.2, -0.15) is 5.10 Å². The van der Waals surface area contributed by atoms with Gasteiger partial charge < -0.3 is 0 Å². The topological polar surface area (TPSA) is 54.5 Å². The van der Waals surface area contributed by atoms with Gasteiger partial charge in [0.25, 0.3) is 0 Å². The van der Waals surface area contributed by atoms with Gasteiger partial charge in [-0.3, -0.25) is 15.1 Å². The van der Waals surface area contributed by atoms with Gasteiger partial charge in [-0.1, -0.05) is 31.2 Å². The molecule has 1 N–H and O–H groups in total. The molecule has 0 radical (unpaired) electrons. The van der Waals surface area contributed by atoms with Crippen LogP contribution in [0.25, 0.3) is 33.4 Å². The third kappa shape index (κ3) is 2.28. The Morgan fingerprint density at radius 2 is 1.78 bits per heavy atom. The third-order valence-corrected chi connectivity index (χ3v) is 4.02. The number of rotatable bonds is 3. The maximum atomic E-state index is 4.53. The smallest absolute Gasteiger partial charge is 0.119 e. The summed E-state index contributed by atoms with van der Waals surface area (Å²) in [6, 6.07) is 16.1. The molecule has 0 aliphatic carbocycles. The largest absolute Gasteiger partial charge is 0.281 e. The highest BCUT2D eigenvalue weighted by Crippen LogP contribution is 2.36. The summed E-state index contributed by atoms with van der Waals surface area (Å²) in [5.74, 6) is 0. The SMILES string of the molecule is CCc1[nH]nc(-c2ccccn2)c1-c1ccnc2ccccc12. The number of hydrogen-bond donors (Lipinski definition) is 1. The molecule has 0 saturated carbocycles. The van der Waals surface area contributed by atoms with Gasteiger partial charge in [-0.05, 0) is 36.2 Å². The van der Waals surface area contributed by atoms with Crippen LogP contribution in [0.15, 0.2) is 60.9 Å². The van der Waals surface area contributed by atoms with E-state index in [9.17, 15) is 0 Å². The maximum Gasteiger partial charge on any atom is 0.119 e. The van der Waals surface area contributed by atoms with Gasteiger partial charge in [0.05, 0.1) is 11.2 Å². The molecule has 0 amide bonds. The summed E-state index contributed by atoms with van der Waals surface area (Å²) in [5.41, 5.74) is 6.12. The number of nitrogens with one attached hydrogen (secondary N) is 1. The minimum Gasteiger partial charge on any atom is -0.281 e. The molecule has 23 heavy (non-hydrogen) atoms. The quantitative estimate of drug-likeness (QED) is 0.615. The van der Waals surface area contributed by atoms with Crippen molar-refractivity contribution in [3.63, 3.8) is 0 Å². The van der Waals surface area contributed by atoms with E-state index in [0.29, 0.717) is 0 Å². The van der Waals surface area contributed by atoms with Crippen molar-refractivity contribution < 1.29 is 0 Å². The Bertz CT molecular complexity index is 952. The molecule has 0 spiro atoms. The summed E-state index contributed by atoms with van der Waals surface area (Å²) < 4.78 is 0. The zero-order valence-corrected chi connectivity index (χ0v) is 12.8. The number of benzene rings is 1. The molecular formula is C19H16N4. The standard InChI is InChI=1S/C19H16N4/c1-2-15-18(19(23-22-15)17-9-5-6-11-20-17)14-10-12-21-16-8-4-3-7-13(14)16/h3-12H,2H2,1H3,(H,22,23). The summed E-state index contributed by atoms with van der Waals surface area (Å²) in [6.45, 7) is 2.13. The van der Waals surface area contributed by atoms with Gasteiger partial charge in [0.1, 0.15) is 5.69 Å². The Morgan fingerprint density at radius 3 is 2.61 bits per heavy atom. The van der Waals surface area contributed by atoms with Crippen LogP contribution in [0.2, 0.25) is 0 Å². The lowest BCUT2D eigenvalue weighted by Gasteiger charge is -2.08. The zero-order valence-electron chi connectivity index (χ0n) is 12.8. The molecule has 0 aliphatic rings. The van der Waals surface area contributed by atoms with E-state index in [1.807, 2.05) is 42.6 Å². The highest BCUT2D eigenvalue weighted by molar-refractivity contribution is 5.98. The average Bonchev–Trinajstić information content (AvgIpc) is 3.06. The van der Waals surface area contributed by atoms with Crippen molar-refractivity contribution in [2.75, 3.05) is 0 Å². The second kappa shape index (κ2) is 5.65. The Balaban J connectivity index is 2.03. The average molecular weight is 300 g/mol. The molecule has 0 unspecified atom stereocenters. The van der Waals surface area contributed by atoms with E-state index in [-0.39, 0.29) is 0 Å². The van der Waals surface area contributed by atoms with Crippen LogP contribution in [0.5, 0.6) is 0 Å². The number of fused-ring (bicyclic) bond motifs is 1. The fourth-order valence-electron chi connectivity index (χ4n) is 2.93. The number of aromatic amines is 1. The van der Waals surface area contributed by atoms with Gasteiger partial charge in [0.2, 0.25) is 0 Å². The van der Waals surface area contributed by atoms with Crippen molar-refractivity contribution in [2.45, 2.75) is 13.3 Å². The van der Waals surface area contributed by atoms with E-state index in [2.05, 4.69) is 39.2 Å². The van der Waals surface area contributed by atoms with Crippen LogP contribution in [0.4, 0.5) is 0 Å². The first kappa shape index (κ1) is 13.6. The molecule has 3 heterocycles. The maximum absolute atomic E-state index is 4.53. The molecular weight excluding hydrogens is 284 g/mol. The number of aryl methyl sites for hydroxylation is 1. The van der Waals surface area contributed by atoms with Crippen LogP contribution in [-0.4, -0.2) is 20.2 Å². The highest BCUT2D eigenvalue weighted by Gasteiger charge is 2.18. The highest BCUT2D eigenvalue weighted by atomic mass is 15.1. The van der Waals surface area contributed by atoms with Crippen molar-refractivity contribution in [2.24, 2.45) is 0 Å². The van der Waals surface area contributed by atoms with Gasteiger partial charge in [0, 0.05) is 29.0 Å². The number of hydrogen-bond acceptors (Lipinski definition) is 3. The molecule has 0 bridgehead atoms. The van der Waals surface area contributed by atoms with Gasteiger partial charge >= 0.3 is 0 Å². The number of para-hydroxylation sites is 1. The molecule has 1 aromatic carbocycles. The van der Waals surface area contributed by atoms with E-state index >= 15 is 0 Å². The summed E-state index contributed by atoms with van der Waals surface area (Å²) in [4.78, 5) is 8.93. The van der Waals surface area contributed by atoms with Crippen LogP contribution in [0.1, 0.15) is 12.6 Å². The molecule has 4 rings (SSSR count). The summed E-state index contributed by atoms with van der Waals surface area (Å²) in [5, 5.41) is 8.84. The second-order valence-corrected chi connectivity index (χ2v) is 5.37. The molecule has 4 aromatic rings. The lowest BCUT2D eigenvalue weighted by molar-refractivity contribution is 0.976. The summed E-state index contributed by atoms with van der Waals surface area (Å²) in [7, 11) is 0. The predicted octanol–water partition coefficient (Wildman–Crippen LogP) is 4.25. The first-order valence-corrected chi connectivity index (χ1v) is 7.71. The molecule has 0 fully saturated rings. The Hall–Kier alpha value is -3.01. The third-order valence-electron chi connectivity index (χ3n) is 4.02. The van der Waals surface area contributed by atoms with Crippen molar-refractivity contribution in [1.82, 2.24) is 20.2 Å². The first-order valence-electron chi connectivity index (χ1n) is 7.71. The van der Waals surface area contributed by atoms with E-state index in [0.717, 1.165) is 45.5 Å². The summed E-state index contributed by atoms with van der Waals surface area (Å²) >= 11 is 0. The molecule has 112 valence electrons.